The number of hydrogen-bond acceptors (Lipinski definition) is 1. The first kappa shape index (κ1) is 8.34. The number of rotatable bonds is 2. The molecule has 0 aliphatic carbocycles. The monoisotopic (exact) mass is 168 g/mol. The second kappa shape index (κ2) is 4.19. The predicted octanol–water partition coefficient (Wildman–Crippen LogP) is 2.77. The van der Waals surface area contributed by atoms with E-state index in [1.165, 1.54) is 12.1 Å². The molecule has 0 saturated carbocycles. The minimum absolute atomic E-state index is 0.201. The molecule has 0 unspecified atom stereocenters. The molecule has 0 aliphatic heterocycles. The zero-order chi connectivity index (χ0) is 8.10. The zero-order valence-corrected chi connectivity index (χ0v) is 6.89. The molecule has 0 heterocycles. The second-order valence-corrected chi connectivity index (χ2v) is 2.50. The Hall–Kier alpha value is -0.760. The fraction of sp³-hybridized carbons (Fsp3) is 0.111. The molecule has 1 aromatic rings. The van der Waals surface area contributed by atoms with Crippen molar-refractivity contribution in [1.82, 2.24) is 0 Å². The third-order valence-corrected chi connectivity index (χ3v) is 1.50. The van der Waals surface area contributed by atoms with Gasteiger partial charge in [0.05, 0.1) is 0 Å². The Bertz CT molecular complexity index is 238. The summed E-state index contributed by atoms with van der Waals surface area (Å²) in [7, 11) is 0. The van der Waals surface area contributed by atoms with E-state index in [9.17, 15) is 4.39 Å². The lowest BCUT2D eigenvalue weighted by Crippen LogP contribution is -1.74. The third kappa shape index (κ3) is 2.76. The molecule has 11 heavy (non-hydrogen) atoms. The van der Waals surface area contributed by atoms with Crippen LogP contribution in [0.25, 0.3) is 6.08 Å². The van der Waals surface area contributed by atoms with E-state index in [-0.39, 0.29) is 5.82 Å². The van der Waals surface area contributed by atoms with Crippen LogP contribution in [0.2, 0.25) is 0 Å². The molecular formula is C9H9FS. The van der Waals surface area contributed by atoms with Crippen molar-refractivity contribution in [2.45, 2.75) is 0 Å². The average Bonchev–Trinajstić information content (AvgIpc) is 2.04. The Balaban J connectivity index is 2.73. The Kier molecular flexibility index (Phi) is 3.17. The first-order valence-electron chi connectivity index (χ1n) is 3.36. The van der Waals surface area contributed by atoms with Gasteiger partial charge in [-0.15, -0.1) is 0 Å². The molecule has 2 heteroatoms. The molecule has 0 bridgehead atoms. The minimum Gasteiger partial charge on any atom is -0.207 e. The summed E-state index contributed by atoms with van der Waals surface area (Å²) in [6.45, 7) is 0. The second-order valence-electron chi connectivity index (χ2n) is 2.14. The van der Waals surface area contributed by atoms with Crippen LogP contribution in [0.15, 0.2) is 30.3 Å². The normalized spacial score (nSPS) is 10.7. The zero-order valence-electron chi connectivity index (χ0n) is 6.00. The van der Waals surface area contributed by atoms with Gasteiger partial charge in [-0.05, 0) is 17.7 Å². The summed E-state index contributed by atoms with van der Waals surface area (Å²) in [5.74, 6) is 0.505. The molecule has 1 aromatic carbocycles. The van der Waals surface area contributed by atoms with Gasteiger partial charge >= 0.3 is 0 Å². The van der Waals surface area contributed by atoms with E-state index < -0.39 is 0 Å². The third-order valence-electron chi connectivity index (χ3n) is 1.29. The van der Waals surface area contributed by atoms with Gasteiger partial charge in [-0.25, -0.2) is 4.39 Å². The molecule has 0 radical (unpaired) electrons. The van der Waals surface area contributed by atoms with Crippen molar-refractivity contribution in [2.75, 3.05) is 5.75 Å². The topological polar surface area (TPSA) is 0 Å². The lowest BCUT2D eigenvalue weighted by molar-refractivity contribution is 0.628. The quantitative estimate of drug-likeness (QED) is 0.645. The van der Waals surface area contributed by atoms with Gasteiger partial charge in [0.2, 0.25) is 0 Å². The van der Waals surface area contributed by atoms with E-state index in [2.05, 4.69) is 12.6 Å². The fourth-order valence-electron chi connectivity index (χ4n) is 0.763. The Morgan fingerprint density at radius 3 is 2.45 bits per heavy atom. The van der Waals surface area contributed by atoms with Gasteiger partial charge < -0.3 is 0 Å². The van der Waals surface area contributed by atoms with Crippen molar-refractivity contribution in [2.24, 2.45) is 0 Å². The average molecular weight is 168 g/mol. The van der Waals surface area contributed by atoms with Gasteiger partial charge in [-0.2, -0.15) is 12.6 Å². The summed E-state index contributed by atoms with van der Waals surface area (Å²) in [5, 5.41) is 0. The minimum atomic E-state index is -0.201. The molecule has 0 atom stereocenters. The van der Waals surface area contributed by atoms with Crippen molar-refractivity contribution in [3.63, 3.8) is 0 Å². The highest BCUT2D eigenvalue weighted by molar-refractivity contribution is 7.80. The van der Waals surface area contributed by atoms with Crippen LogP contribution < -0.4 is 0 Å². The molecule has 0 N–H and O–H groups in total. The summed E-state index contributed by atoms with van der Waals surface area (Å²) in [6, 6.07) is 6.35. The maximum Gasteiger partial charge on any atom is 0.123 e. The molecule has 0 fully saturated rings. The van der Waals surface area contributed by atoms with Gasteiger partial charge in [0.15, 0.2) is 0 Å². The first-order valence-corrected chi connectivity index (χ1v) is 3.99. The van der Waals surface area contributed by atoms with Crippen LogP contribution >= 0.6 is 12.6 Å². The standard InChI is InChI=1S/C9H9FS/c10-9-5-3-8(4-6-9)2-1-7-11/h1-6,11H,7H2. The molecule has 0 saturated heterocycles. The Morgan fingerprint density at radius 1 is 1.27 bits per heavy atom. The van der Waals surface area contributed by atoms with Crippen molar-refractivity contribution >= 4 is 18.7 Å². The van der Waals surface area contributed by atoms with E-state index in [0.29, 0.717) is 5.75 Å². The number of hydrogen-bond donors (Lipinski definition) is 1. The highest BCUT2D eigenvalue weighted by Gasteiger charge is 1.86. The maximum absolute atomic E-state index is 12.4. The van der Waals surface area contributed by atoms with Crippen molar-refractivity contribution in [1.29, 1.82) is 0 Å². The van der Waals surface area contributed by atoms with Crippen LogP contribution in [0.1, 0.15) is 5.56 Å². The fourth-order valence-corrected chi connectivity index (χ4v) is 0.868. The molecule has 0 amide bonds. The van der Waals surface area contributed by atoms with Gasteiger partial charge in [0.25, 0.3) is 0 Å². The summed E-state index contributed by atoms with van der Waals surface area (Å²) in [6.07, 6.45) is 3.82. The summed E-state index contributed by atoms with van der Waals surface area (Å²) in [4.78, 5) is 0. The molecule has 0 aliphatic rings. The van der Waals surface area contributed by atoms with Crippen LogP contribution in [0.4, 0.5) is 4.39 Å². The van der Waals surface area contributed by atoms with E-state index in [4.69, 9.17) is 0 Å². The van der Waals surface area contributed by atoms with Gasteiger partial charge in [-0.1, -0.05) is 24.3 Å². The van der Waals surface area contributed by atoms with Crippen molar-refractivity contribution < 1.29 is 4.39 Å². The molecule has 0 nitrogen and oxygen atoms in total. The van der Waals surface area contributed by atoms with Crippen LogP contribution in [-0.4, -0.2) is 5.75 Å². The molecule has 0 spiro atoms. The van der Waals surface area contributed by atoms with Crippen molar-refractivity contribution in [3.05, 3.63) is 41.7 Å². The Labute approximate surface area is 71.2 Å². The largest absolute Gasteiger partial charge is 0.207 e. The molecular weight excluding hydrogens is 159 g/mol. The first-order chi connectivity index (χ1) is 5.33. The van der Waals surface area contributed by atoms with E-state index in [1.54, 1.807) is 12.1 Å². The molecule has 58 valence electrons. The van der Waals surface area contributed by atoms with Gasteiger partial charge in [0.1, 0.15) is 5.82 Å². The van der Waals surface area contributed by atoms with Crippen molar-refractivity contribution in [3.8, 4) is 0 Å². The Morgan fingerprint density at radius 2 is 1.91 bits per heavy atom. The molecule has 0 aromatic heterocycles. The summed E-state index contributed by atoms with van der Waals surface area (Å²) >= 11 is 4.01. The van der Waals surface area contributed by atoms with Gasteiger partial charge in [-0.3, -0.25) is 0 Å². The van der Waals surface area contributed by atoms with Gasteiger partial charge in [0, 0.05) is 5.75 Å². The van der Waals surface area contributed by atoms with E-state index >= 15 is 0 Å². The van der Waals surface area contributed by atoms with E-state index in [0.717, 1.165) is 5.56 Å². The number of halogens is 1. The lowest BCUT2D eigenvalue weighted by atomic mass is 10.2. The number of thiol groups is 1. The van der Waals surface area contributed by atoms with Crippen LogP contribution in [0.5, 0.6) is 0 Å². The summed E-state index contributed by atoms with van der Waals surface area (Å²) < 4.78 is 12.4. The summed E-state index contributed by atoms with van der Waals surface area (Å²) in [5.41, 5.74) is 1.00. The number of benzene rings is 1. The highest BCUT2D eigenvalue weighted by atomic mass is 32.1. The maximum atomic E-state index is 12.4. The highest BCUT2D eigenvalue weighted by Crippen LogP contribution is 2.04. The SMILES string of the molecule is Fc1ccc(C=CCS)cc1. The predicted molar refractivity (Wildman–Crippen MR) is 49.3 cm³/mol. The van der Waals surface area contributed by atoms with Crippen LogP contribution in [0, 0.1) is 5.82 Å². The van der Waals surface area contributed by atoms with Crippen LogP contribution in [0.3, 0.4) is 0 Å². The molecule has 1 rings (SSSR count). The smallest absolute Gasteiger partial charge is 0.123 e. The van der Waals surface area contributed by atoms with E-state index in [1.807, 2.05) is 12.2 Å². The lowest BCUT2D eigenvalue weighted by Gasteiger charge is -1.90. The van der Waals surface area contributed by atoms with Crippen LogP contribution in [-0.2, 0) is 0 Å².